The lowest BCUT2D eigenvalue weighted by Crippen LogP contribution is -2.52. The van der Waals surface area contributed by atoms with Gasteiger partial charge >= 0.3 is 0 Å². The molecule has 6 heteroatoms. The summed E-state index contributed by atoms with van der Waals surface area (Å²) in [5, 5.41) is 2.19. The molecule has 0 bridgehead atoms. The molecule has 0 saturated heterocycles. The molecule has 1 aliphatic rings. The highest BCUT2D eigenvalue weighted by Crippen LogP contribution is 2.43. The first kappa shape index (κ1) is 9.46. The molecule has 1 N–H and O–H groups in total. The van der Waals surface area contributed by atoms with E-state index in [0.717, 1.165) is 0 Å². The zero-order chi connectivity index (χ0) is 8.70. The van der Waals surface area contributed by atoms with Crippen molar-refractivity contribution in [2.75, 3.05) is 0 Å². The monoisotopic (exact) mass is 233 g/mol. The van der Waals surface area contributed by atoms with Crippen molar-refractivity contribution in [1.29, 1.82) is 0 Å². The molecule has 0 aromatic rings. The normalized spacial score (nSPS) is 26.4. The second-order valence-electron chi connectivity index (χ2n) is 2.02. The van der Waals surface area contributed by atoms with Gasteiger partial charge in [0.2, 0.25) is 10.4 Å². The van der Waals surface area contributed by atoms with E-state index >= 15 is 0 Å². The second kappa shape index (κ2) is 2.70. The first-order chi connectivity index (χ1) is 4.85. The van der Waals surface area contributed by atoms with Crippen LogP contribution in [0.5, 0.6) is 0 Å². The standard InChI is InChI=1S/C5H3Cl4NO/c6-4(7)2-1-3(11)10-5(4,8)9/h1-2H,(H,10,11). The van der Waals surface area contributed by atoms with Crippen molar-refractivity contribution in [2.45, 2.75) is 8.79 Å². The fourth-order valence-corrected chi connectivity index (χ4v) is 1.10. The number of hydrogen-bond donors (Lipinski definition) is 1. The molecule has 1 heterocycles. The number of carbonyl (C=O) groups excluding carboxylic acids is 1. The van der Waals surface area contributed by atoms with Crippen molar-refractivity contribution in [2.24, 2.45) is 0 Å². The number of carbonyl (C=O) groups is 1. The Kier molecular flexibility index (Phi) is 2.32. The van der Waals surface area contributed by atoms with Crippen LogP contribution in [0.1, 0.15) is 0 Å². The SMILES string of the molecule is O=C1C=CC(Cl)(Cl)C(Cl)(Cl)N1. The zero-order valence-corrected chi connectivity index (χ0v) is 8.10. The Hall–Kier alpha value is 0.370. The fraction of sp³-hybridized carbons (Fsp3) is 0.400. The molecule has 0 radical (unpaired) electrons. The summed E-state index contributed by atoms with van der Waals surface area (Å²) in [6.45, 7) is 0. The molecule has 0 saturated carbocycles. The smallest absolute Gasteiger partial charge is 0.246 e. The van der Waals surface area contributed by atoms with Gasteiger partial charge in [0.25, 0.3) is 0 Å². The van der Waals surface area contributed by atoms with Gasteiger partial charge in [-0.3, -0.25) is 4.79 Å². The lowest BCUT2D eigenvalue weighted by atomic mass is 10.2. The van der Waals surface area contributed by atoms with Crippen LogP contribution in [0.25, 0.3) is 0 Å². The minimum absolute atomic E-state index is 0.424. The number of alkyl halides is 4. The topological polar surface area (TPSA) is 29.1 Å². The highest BCUT2D eigenvalue weighted by atomic mass is 35.5. The molecule has 0 atom stereocenters. The van der Waals surface area contributed by atoms with E-state index in [9.17, 15) is 4.79 Å². The molecular weight excluding hydrogens is 232 g/mol. The van der Waals surface area contributed by atoms with E-state index in [-0.39, 0.29) is 0 Å². The maximum atomic E-state index is 10.7. The summed E-state index contributed by atoms with van der Waals surface area (Å²) in [5.74, 6) is -0.424. The Balaban J connectivity index is 3.00. The quantitative estimate of drug-likeness (QED) is 0.504. The molecule has 1 amide bonds. The van der Waals surface area contributed by atoms with Crippen LogP contribution in [0.15, 0.2) is 12.2 Å². The van der Waals surface area contributed by atoms with Crippen LogP contribution in [0.3, 0.4) is 0 Å². The molecule has 0 spiro atoms. The van der Waals surface area contributed by atoms with Gasteiger partial charge in [0.1, 0.15) is 0 Å². The third kappa shape index (κ3) is 1.75. The minimum Gasteiger partial charge on any atom is -0.319 e. The third-order valence-electron chi connectivity index (χ3n) is 1.14. The predicted molar refractivity (Wildman–Crippen MR) is 46.2 cm³/mol. The van der Waals surface area contributed by atoms with Crippen LogP contribution >= 0.6 is 46.4 Å². The van der Waals surface area contributed by atoms with Crippen molar-refractivity contribution >= 4 is 52.3 Å². The van der Waals surface area contributed by atoms with Crippen molar-refractivity contribution in [3.63, 3.8) is 0 Å². The Bertz CT molecular complexity index is 223. The molecule has 0 aromatic carbocycles. The molecular formula is C5H3Cl4NO. The summed E-state index contributed by atoms with van der Waals surface area (Å²) in [6.07, 6.45) is 2.40. The third-order valence-corrected chi connectivity index (χ3v) is 3.13. The fourth-order valence-electron chi connectivity index (χ4n) is 0.565. The summed E-state index contributed by atoms with van der Waals surface area (Å²) < 4.78 is -3.15. The van der Waals surface area contributed by atoms with E-state index in [1.807, 2.05) is 0 Å². The summed E-state index contributed by atoms with van der Waals surface area (Å²) in [6, 6.07) is 0. The van der Waals surface area contributed by atoms with Crippen LogP contribution in [0, 0.1) is 0 Å². The van der Waals surface area contributed by atoms with Crippen molar-refractivity contribution < 1.29 is 4.79 Å². The van der Waals surface area contributed by atoms with Gasteiger partial charge in [0.05, 0.1) is 0 Å². The van der Waals surface area contributed by atoms with Crippen LogP contribution in [-0.2, 0) is 4.79 Å². The Morgan fingerprint density at radius 3 is 2.18 bits per heavy atom. The maximum absolute atomic E-state index is 10.7. The summed E-state index contributed by atoms with van der Waals surface area (Å²) >= 11 is 22.4. The number of nitrogens with one attached hydrogen (secondary N) is 1. The largest absolute Gasteiger partial charge is 0.319 e. The molecule has 2 nitrogen and oxygen atoms in total. The molecule has 1 aliphatic heterocycles. The van der Waals surface area contributed by atoms with Crippen LogP contribution in [-0.4, -0.2) is 14.7 Å². The van der Waals surface area contributed by atoms with Crippen molar-refractivity contribution in [1.82, 2.24) is 5.32 Å². The zero-order valence-electron chi connectivity index (χ0n) is 5.07. The van der Waals surface area contributed by atoms with E-state index in [1.54, 1.807) is 0 Å². The molecule has 0 fully saturated rings. The first-order valence-corrected chi connectivity index (χ1v) is 4.13. The van der Waals surface area contributed by atoms with E-state index < -0.39 is 14.7 Å². The molecule has 0 unspecified atom stereocenters. The first-order valence-electron chi connectivity index (χ1n) is 2.62. The Morgan fingerprint density at radius 1 is 1.27 bits per heavy atom. The highest BCUT2D eigenvalue weighted by Gasteiger charge is 2.48. The van der Waals surface area contributed by atoms with Gasteiger partial charge < -0.3 is 5.32 Å². The van der Waals surface area contributed by atoms with E-state index in [1.165, 1.54) is 12.2 Å². The number of amides is 1. The molecule has 11 heavy (non-hydrogen) atoms. The van der Waals surface area contributed by atoms with Gasteiger partial charge in [-0.15, -0.1) is 0 Å². The van der Waals surface area contributed by atoms with Gasteiger partial charge in [-0.25, -0.2) is 0 Å². The predicted octanol–water partition coefficient (Wildman–Crippen LogP) is 1.98. The average molecular weight is 235 g/mol. The van der Waals surface area contributed by atoms with E-state index in [0.29, 0.717) is 0 Å². The van der Waals surface area contributed by atoms with Gasteiger partial charge in [-0.2, -0.15) is 0 Å². The van der Waals surface area contributed by atoms with E-state index in [2.05, 4.69) is 5.32 Å². The van der Waals surface area contributed by atoms with Crippen molar-refractivity contribution in [3.8, 4) is 0 Å². The number of hydrogen-bond acceptors (Lipinski definition) is 1. The van der Waals surface area contributed by atoms with Crippen LogP contribution in [0.4, 0.5) is 0 Å². The Morgan fingerprint density at radius 2 is 1.82 bits per heavy atom. The summed E-state index contributed by atoms with van der Waals surface area (Å²) in [7, 11) is 0. The minimum atomic E-state index is -1.66. The van der Waals surface area contributed by atoms with E-state index in [4.69, 9.17) is 46.4 Å². The highest BCUT2D eigenvalue weighted by molar-refractivity contribution is 6.64. The molecule has 0 aliphatic carbocycles. The number of halogens is 4. The molecule has 62 valence electrons. The van der Waals surface area contributed by atoms with Gasteiger partial charge in [-0.05, 0) is 6.08 Å². The molecule has 1 rings (SSSR count). The van der Waals surface area contributed by atoms with Gasteiger partial charge in [0, 0.05) is 6.08 Å². The second-order valence-corrected chi connectivity index (χ2v) is 4.73. The lowest BCUT2D eigenvalue weighted by Gasteiger charge is -2.33. The molecule has 0 aromatic heterocycles. The van der Waals surface area contributed by atoms with Gasteiger partial charge in [-0.1, -0.05) is 46.4 Å². The van der Waals surface area contributed by atoms with Gasteiger partial charge in [0.15, 0.2) is 4.33 Å². The summed E-state index contributed by atoms with van der Waals surface area (Å²) in [4.78, 5) is 10.7. The van der Waals surface area contributed by atoms with Crippen LogP contribution in [0.2, 0.25) is 0 Å². The lowest BCUT2D eigenvalue weighted by molar-refractivity contribution is -0.117. The summed E-state index contributed by atoms with van der Waals surface area (Å²) in [5.41, 5.74) is 0. The van der Waals surface area contributed by atoms with Crippen molar-refractivity contribution in [3.05, 3.63) is 12.2 Å². The Labute approximate surface area is 83.4 Å². The average Bonchev–Trinajstić information content (AvgIpc) is 1.80. The number of rotatable bonds is 0. The maximum Gasteiger partial charge on any atom is 0.246 e. The van der Waals surface area contributed by atoms with Crippen LogP contribution < -0.4 is 5.32 Å².